The molecule has 0 aliphatic rings. The van der Waals surface area contributed by atoms with Gasteiger partial charge in [0.15, 0.2) is 11.5 Å². The van der Waals surface area contributed by atoms with Gasteiger partial charge in [0.2, 0.25) is 0 Å². The van der Waals surface area contributed by atoms with E-state index in [9.17, 15) is 0 Å². The monoisotopic (exact) mass is 355 g/mol. The molecule has 2 aromatic carbocycles. The Bertz CT molecular complexity index is 912. The van der Waals surface area contributed by atoms with E-state index in [1.165, 1.54) is 0 Å². The summed E-state index contributed by atoms with van der Waals surface area (Å²) in [4.78, 5) is 4.31. The molecular formula is C19H18ClN3O2. The molecule has 6 heteroatoms. The Kier molecular flexibility index (Phi) is 5.36. The second-order valence-electron chi connectivity index (χ2n) is 5.23. The van der Waals surface area contributed by atoms with Gasteiger partial charge in [0.1, 0.15) is 0 Å². The number of hydrazone groups is 1. The third kappa shape index (κ3) is 4.00. The van der Waals surface area contributed by atoms with E-state index >= 15 is 0 Å². The maximum Gasteiger partial charge on any atom is 0.161 e. The second-order valence-corrected chi connectivity index (χ2v) is 5.67. The van der Waals surface area contributed by atoms with Crippen LogP contribution in [-0.4, -0.2) is 24.9 Å². The van der Waals surface area contributed by atoms with Gasteiger partial charge in [-0.25, -0.2) is 0 Å². The van der Waals surface area contributed by atoms with Gasteiger partial charge in [-0.2, -0.15) is 5.10 Å². The fraction of sp³-hybridized carbons (Fsp3) is 0.158. The first kappa shape index (κ1) is 17.0. The largest absolute Gasteiger partial charge is 0.493 e. The molecular weight excluding hydrogens is 338 g/mol. The van der Waals surface area contributed by atoms with E-state index in [2.05, 4.69) is 15.5 Å². The summed E-state index contributed by atoms with van der Waals surface area (Å²) in [5.74, 6) is 1.39. The fourth-order valence-electron chi connectivity index (χ4n) is 2.43. The second kappa shape index (κ2) is 7.85. The van der Waals surface area contributed by atoms with Crippen LogP contribution in [0.4, 0.5) is 5.69 Å². The Morgan fingerprint density at radius 3 is 2.84 bits per heavy atom. The Hall–Kier alpha value is -2.79. The Labute approximate surface area is 151 Å². The molecule has 5 nitrogen and oxygen atoms in total. The predicted octanol–water partition coefficient (Wildman–Crippen LogP) is 4.74. The molecule has 0 saturated carbocycles. The maximum atomic E-state index is 6.01. The molecule has 0 atom stereocenters. The molecule has 0 amide bonds. The topological polar surface area (TPSA) is 55.7 Å². The molecule has 25 heavy (non-hydrogen) atoms. The Morgan fingerprint density at radius 2 is 2.04 bits per heavy atom. The number of benzene rings is 2. The summed E-state index contributed by atoms with van der Waals surface area (Å²) in [6, 6.07) is 13.1. The lowest BCUT2D eigenvalue weighted by Gasteiger charge is -2.09. The molecule has 1 aromatic heterocycles. The summed E-state index contributed by atoms with van der Waals surface area (Å²) in [5.41, 5.74) is 5.62. The van der Waals surface area contributed by atoms with E-state index in [-0.39, 0.29) is 0 Å². The van der Waals surface area contributed by atoms with Crippen LogP contribution in [-0.2, 0) is 0 Å². The zero-order valence-corrected chi connectivity index (χ0v) is 14.7. The lowest BCUT2D eigenvalue weighted by Crippen LogP contribution is -1.97. The summed E-state index contributed by atoms with van der Waals surface area (Å²) < 4.78 is 10.9. The molecule has 0 saturated heterocycles. The summed E-state index contributed by atoms with van der Waals surface area (Å²) in [6.07, 6.45) is 3.44. The number of methoxy groups -OCH3 is 1. The van der Waals surface area contributed by atoms with Gasteiger partial charge in [-0.3, -0.25) is 10.4 Å². The van der Waals surface area contributed by atoms with E-state index in [1.54, 1.807) is 19.5 Å². The third-order valence-corrected chi connectivity index (χ3v) is 3.83. The standard InChI is InChI=1S/C19H18ClN3O2/c1-3-25-18-7-4-13(10-19(18)24-2)12-22-23-16-8-9-21-17-11-14(20)5-6-15(16)17/h4-12H,3H2,1-2H3,(H,21,23)/b22-12-. The molecule has 3 rings (SSSR count). The SMILES string of the molecule is CCOc1ccc(/C=N\Nc2ccnc3cc(Cl)ccc23)cc1OC. The fourth-order valence-corrected chi connectivity index (χ4v) is 2.60. The molecule has 0 aliphatic heterocycles. The van der Waals surface area contributed by atoms with E-state index < -0.39 is 0 Å². The van der Waals surface area contributed by atoms with Gasteiger partial charge in [-0.1, -0.05) is 11.6 Å². The first-order chi connectivity index (χ1) is 12.2. The molecule has 3 aromatic rings. The van der Waals surface area contributed by atoms with Crippen LogP contribution in [0.1, 0.15) is 12.5 Å². The van der Waals surface area contributed by atoms with Gasteiger partial charge in [0, 0.05) is 16.6 Å². The van der Waals surface area contributed by atoms with Gasteiger partial charge in [0.25, 0.3) is 0 Å². The zero-order chi connectivity index (χ0) is 17.6. The van der Waals surface area contributed by atoms with Crippen molar-refractivity contribution in [3.05, 3.63) is 59.2 Å². The van der Waals surface area contributed by atoms with Crippen LogP contribution in [0.5, 0.6) is 11.5 Å². The van der Waals surface area contributed by atoms with Gasteiger partial charge in [0.05, 0.1) is 31.1 Å². The minimum Gasteiger partial charge on any atom is -0.493 e. The normalized spacial score (nSPS) is 11.0. The molecule has 0 radical (unpaired) electrons. The summed E-state index contributed by atoms with van der Waals surface area (Å²) in [7, 11) is 1.62. The van der Waals surface area contributed by atoms with Crippen molar-refractivity contribution in [2.45, 2.75) is 6.92 Å². The Morgan fingerprint density at radius 1 is 1.16 bits per heavy atom. The van der Waals surface area contributed by atoms with Gasteiger partial charge >= 0.3 is 0 Å². The van der Waals surface area contributed by atoms with Crippen molar-refractivity contribution >= 4 is 34.4 Å². The van der Waals surface area contributed by atoms with Crippen molar-refractivity contribution in [3.8, 4) is 11.5 Å². The molecule has 1 heterocycles. The number of nitrogens with one attached hydrogen (secondary N) is 1. The minimum atomic E-state index is 0.588. The van der Waals surface area contributed by atoms with E-state index in [4.69, 9.17) is 21.1 Å². The van der Waals surface area contributed by atoms with Crippen LogP contribution in [0.3, 0.4) is 0 Å². The predicted molar refractivity (Wildman–Crippen MR) is 102 cm³/mol. The highest BCUT2D eigenvalue weighted by atomic mass is 35.5. The van der Waals surface area contributed by atoms with Crippen LogP contribution in [0.15, 0.2) is 53.8 Å². The maximum absolute atomic E-state index is 6.01. The third-order valence-electron chi connectivity index (χ3n) is 3.59. The summed E-state index contributed by atoms with van der Waals surface area (Å²) >= 11 is 6.01. The molecule has 0 fully saturated rings. The van der Waals surface area contributed by atoms with Crippen LogP contribution in [0.25, 0.3) is 10.9 Å². The van der Waals surface area contributed by atoms with Crippen molar-refractivity contribution in [1.29, 1.82) is 0 Å². The number of nitrogens with zero attached hydrogens (tertiary/aromatic N) is 2. The highest BCUT2D eigenvalue weighted by Gasteiger charge is 2.04. The van der Waals surface area contributed by atoms with E-state index in [0.29, 0.717) is 23.1 Å². The lowest BCUT2D eigenvalue weighted by molar-refractivity contribution is 0.311. The lowest BCUT2D eigenvalue weighted by atomic mass is 10.2. The van der Waals surface area contributed by atoms with Crippen molar-refractivity contribution in [3.63, 3.8) is 0 Å². The van der Waals surface area contributed by atoms with Crippen molar-refractivity contribution in [2.75, 3.05) is 19.1 Å². The Balaban J connectivity index is 1.80. The number of hydrogen-bond donors (Lipinski definition) is 1. The van der Waals surface area contributed by atoms with Crippen LogP contribution >= 0.6 is 11.6 Å². The highest BCUT2D eigenvalue weighted by Crippen LogP contribution is 2.28. The minimum absolute atomic E-state index is 0.588. The van der Waals surface area contributed by atoms with Crippen LogP contribution in [0, 0.1) is 0 Å². The average molecular weight is 356 g/mol. The number of pyridine rings is 1. The number of anilines is 1. The number of rotatable bonds is 6. The first-order valence-electron chi connectivity index (χ1n) is 7.85. The first-order valence-corrected chi connectivity index (χ1v) is 8.23. The molecule has 0 bridgehead atoms. The van der Waals surface area contributed by atoms with E-state index in [1.807, 2.05) is 49.4 Å². The quantitative estimate of drug-likeness (QED) is 0.512. The highest BCUT2D eigenvalue weighted by molar-refractivity contribution is 6.31. The summed E-state index contributed by atoms with van der Waals surface area (Å²) in [6.45, 7) is 2.52. The van der Waals surface area contributed by atoms with Gasteiger partial charge < -0.3 is 9.47 Å². The molecule has 0 aliphatic carbocycles. The summed E-state index contributed by atoms with van der Waals surface area (Å²) in [5, 5.41) is 5.91. The average Bonchev–Trinajstić information content (AvgIpc) is 2.63. The van der Waals surface area contributed by atoms with Gasteiger partial charge in [-0.15, -0.1) is 0 Å². The smallest absolute Gasteiger partial charge is 0.161 e. The van der Waals surface area contributed by atoms with Crippen molar-refractivity contribution < 1.29 is 9.47 Å². The molecule has 0 unspecified atom stereocenters. The molecule has 1 N–H and O–H groups in total. The van der Waals surface area contributed by atoms with Gasteiger partial charge in [-0.05, 0) is 55.0 Å². The molecule has 128 valence electrons. The van der Waals surface area contributed by atoms with Crippen molar-refractivity contribution in [2.24, 2.45) is 5.10 Å². The van der Waals surface area contributed by atoms with Crippen molar-refractivity contribution in [1.82, 2.24) is 4.98 Å². The number of ether oxygens (including phenoxy) is 2. The number of hydrogen-bond acceptors (Lipinski definition) is 5. The number of aromatic nitrogens is 1. The number of halogens is 1. The van der Waals surface area contributed by atoms with Crippen LogP contribution in [0.2, 0.25) is 5.02 Å². The zero-order valence-electron chi connectivity index (χ0n) is 14.0. The molecule has 0 spiro atoms. The van der Waals surface area contributed by atoms with E-state index in [0.717, 1.165) is 22.2 Å². The van der Waals surface area contributed by atoms with Crippen LogP contribution < -0.4 is 14.9 Å². The number of fused-ring (bicyclic) bond motifs is 1.